The summed E-state index contributed by atoms with van der Waals surface area (Å²) in [6.07, 6.45) is -7.32. The average molecular weight is 746 g/mol. The van der Waals surface area contributed by atoms with Crippen LogP contribution in [0.5, 0.6) is 0 Å². The second-order valence-corrected chi connectivity index (χ2v) is 12.8. The lowest BCUT2D eigenvalue weighted by atomic mass is 9.98. The Balaban J connectivity index is 1.23. The van der Waals surface area contributed by atoms with Crippen molar-refractivity contribution in [3.05, 3.63) is 179 Å². The number of aliphatic hydroxyl groups excluding tert-OH is 1. The zero-order valence-electron chi connectivity index (χ0n) is 30.1. The van der Waals surface area contributed by atoms with Crippen molar-refractivity contribution in [3.8, 4) is 0 Å². The van der Waals surface area contributed by atoms with E-state index in [1.54, 1.807) is 60.7 Å². The third-order valence-corrected chi connectivity index (χ3v) is 8.84. The normalized spacial score (nSPS) is 19.2. The second kappa shape index (κ2) is 20.0. The van der Waals surface area contributed by atoms with Crippen molar-refractivity contribution in [2.75, 3.05) is 19.8 Å². The summed E-state index contributed by atoms with van der Waals surface area (Å²) in [7, 11) is 0. The van der Waals surface area contributed by atoms with E-state index in [9.17, 15) is 19.5 Å². The summed E-state index contributed by atoms with van der Waals surface area (Å²) in [5.41, 5.74) is 3.07. The highest BCUT2D eigenvalue weighted by molar-refractivity contribution is 5.90. The summed E-state index contributed by atoms with van der Waals surface area (Å²) >= 11 is 0. The van der Waals surface area contributed by atoms with Crippen molar-refractivity contribution in [3.63, 3.8) is 0 Å². The lowest BCUT2D eigenvalue weighted by Crippen LogP contribution is -2.62. The van der Waals surface area contributed by atoms with Crippen LogP contribution in [0.4, 0.5) is 4.79 Å². The summed E-state index contributed by atoms with van der Waals surface area (Å²) in [6, 6.07) is 44.8. The standard InChI is InChI=1S/C44H43NO10/c46-38-37(31-50-29-33-18-8-2-9-19-33)53-43(40(55-42(48)36-24-14-5-15-25-36)39(38)54-41(47)35-22-12-4-13-23-35)51-27-26-45(28-32-16-6-1-7-17-32)44(49)52-30-34-20-10-3-11-21-34/h1-25,37-40,43,46H,26-31H2/t37-,38-,39+,40-,43-/m1/s1. The van der Waals surface area contributed by atoms with Crippen molar-refractivity contribution >= 4 is 18.0 Å². The number of hydrogen-bond acceptors (Lipinski definition) is 10. The molecule has 55 heavy (non-hydrogen) atoms. The summed E-state index contributed by atoms with van der Waals surface area (Å²) in [4.78, 5) is 41.9. The smallest absolute Gasteiger partial charge is 0.410 e. The Morgan fingerprint density at radius 1 is 0.600 bits per heavy atom. The zero-order chi connectivity index (χ0) is 38.2. The maximum absolute atomic E-state index is 13.5. The fraction of sp³-hybridized carbons (Fsp3) is 0.250. The van der Waals surface area contributed by atoms with Gasteiger partial charge in [0.15, 0.2) is 18.5 Å². The van der Waals surface area contributed by atoms with Gasteiger partial charge in [0.25, 0.3) is 0 Å². The van der Waals surface area contributed by atoms with Gasteiger partial charge in [0.05, 0.1) is 30.9 Å². The van der Waals surface area contributed by atoms with Gasteiger partial charge >= 0.3 is 18.0 Å². The Hall–Kier alpha value is -5.85. The van der Waals surface area contributed by atoms with E-state index in [4.69, 9.17) is 28.4 Å². The lowest BCUT2D eigenvalue weighted by molar-refractivity contribution is -0.301. The van der Waals surface area contributed by atoms with Crippen LogP contribution in [-0.2, 0) is 48.2 Å². The van der Waals surface area contributed by atoms with Crippen molar-refractivity contribution in [2.45, 2.75) is 50.5 Å². The fourth-order valence-electron chi connectivity index (χ4n) is 5.95. The number of rotatable bonds is 16. The van der Waals surface area contributed by atoms with Crippen LogP contribution in [0.25, 0.3) is 0 Å². The first-order valence-electron chi connectivity index (χ1n) is 18.0. The van der Waals surface area contributed by atoms with Crippen LogP contribution < -0.4 is 0 Å². The van der Waals surface area contributed by atoms with E-state index in [-0.39, 0.29) is 50.6 Å². The highest BCUT2D eigenvalue weighted by Crippen LogP contribution is 2.29. The molecule has 11 heteroatoms. The lowest BCUT2D eigenvalue weighted by Gasteiger charge is -2.43. The summed E-state index contributed by atoms with van der Waals surface area (Å²) in [6.45, 7) is 0.353. The van der Waals surface area contributed by atoms with Crippen LogP contribution in [-0.4, -0.2) is 78.5 Å². The Bertz CT molecular complexity index is 1920. The number of benzene rings is 5. The number of amides is 1. The molecule has 11 nitrogen and oxygen atoms in total. The van der Waals surface area contributed by atoms with Gasteiger partial charge in [0.1, 0.15) is 18.8 Å². The van der Waals surface area contributed by atoms with E-state index in [1.165, 1.54) is 4.90 Å². The molecule has 5 aromatic rings. The predicted octanol–water partition coefficient (Wildman–Crippen LogP) is 6.60. The van der Waals surface area contributed by atoms with Crippen molar-refractivity contribution < 1.29 is 47.9 Å². The van der Waals surface area contributed by atoms with E-state index in [1.807, 2.05) is 91.0 Å². The largest absolute Gasteiger partial charge is 0.452 e. The molecule has 0 aromatic heterocycles. The van der Waals surface area contributed by atoms with Crippen molar-refractivity contribution in [2.24, 2.45) is 0 Å². The summed E-state index contributed by atoms with van der Waals surface area (Å²) in [5.74, 6) is -1.49. The van der Waals surface area contributed by atoms with E-state index in [0.717, 1.165) is 16.7 Å². The molecule has 1 aliphatic heterocycles. The molecule has 1 heterocycles. The molecule has 6 rings (SSSR count). The number of carbonyl (C=O) groups excluding carboxylic acids is 3. The van der Waals surface area contributed by atoms with Gasteiger partial charge < -0.3 is 38.4 Å². The molecule has 0 radical (unpaired) electrons. The molecule has 1 aliphatic rings. The summed E-state index contributed by atoms with van der Waals surface area (Å²) < 4.78 is 36.0. The van der Waals surface area contributed by atoms with E-state index >= 15 is 0 Å². The number of esters is 2. The Morgan fingerprint density at radius 2 is 1.07 bits per heavy atom. The first-order valence-corrected chi connectivity index (χ1v) is 18.0. The molecule has 1 saturated heterocycles. The van der Waals surface area contributed by atoms with Gasteiger partial charge in [-0.25, -0.2) is 14.4 Å². The number of nitrogens with zero attached hydrogens (tertiary/aromatic N) is 1. The van der Waals surface area contributed by atoms with Gasteiger partial charge in [-0.15, -0.1) is 0 Å². The molecule has 0 aliphatic carbocycles. The van der Waals surface area contributed by atoms with Crippen molar-refractivity contribution in [1.82, 2.24) is 4.90 Å². The third-order valence-electron chi connectivity index (χ3n) is 8.84. The van der Waals surface area contributed by atoms with Crippen LogP contribution in [0.2, 0.25) is 0 Å². The minimum Gasteiger partial charge on any atom is -0.452 e. The van der Waals surface area contributed by atoms with Crippen LogP contribution >= 0.6 is 0 Å². The minimum absolute atomic E-state index is 0.0495. The van der Waals surface area contributed by atoms with Gasteiger partial charge in [0.2, 0.25) is 0 Å². The van der Waals surface area contributed by atoms with Gasteiger partial charge in [-0.05, 0) is 41.0 Å². The highest BCUT2D eigenvalue weighted by Gasteiger charge is 2.50. The average Bonchev–Trinajstić information content (AvgIpc) is 3.23. The maximum atomic E-state index is 13.5. The van der Waals surface area contributed by atoms with Gasteiger partial charge in [-0.2, -0.15) is 0 Å². The quantitative estimate of drug-likeness (QED) is 0.0872. The van der Waals surface area contributed by atoms with Gasteiger partial charge in [-0.3, -0.25) is 0 Å². The minimum atomic E-state index is -1.49. The topological polar surface area (TPSA) is 130 Å². The highest BCUT2D eigenvalue weighted by atomic mass is 16.7. The monoisotopic (exact) mass is 745 g/mol. The van der Waals surface area contributed by atoms with E-state index < -0.39 is 48.7 Å². The third kappa shape index (κ3) is 11.3. The first kappa shape index (κ1) is 38.9. The van der Waals surface area contributed by atoms with Crippen LogP contribution in [0, 0.1) is 0 Å². The van der Waals surface area contributed by atoms with Gasteiger partial charge in [-0.1, -0.05) is 127 Å². The Labute approximate surface area is 319 Å². The molecule has 1 N–H and O–H groups in total. The number of aliphatic hydroxyl groups is 1. The molecular weight excluding hydrogens is 702 g/mol. The first-order chi connectivity index (χ1) is 26.9. The SMILES string of the molecule is O=C(O[C@H]1[C@H](OCCN(Cc2ccccc2)C(=O)OCc2ccccc2)O[C@H](COCc2ccccc2)[C@@H](O)[C@@H]1OC(=O)c1ccccc1)c1ccccc1. The van der Waals surface area contributed by atoms with E-state index in [2.05, 4.69) is 0 Å². The predicted molar refractivity (Wildman–Crippen MR) is 201 cm³/mol. The Morgan fingerprint density at radius 3 is 1.62 bits per heavy atom. The molecule has 1 fully saturated rings. The second-order valence-electron chi connectivity index (χ2n) is 12.8. The molecule has 0 bridgehead atoms. The van der Waals surface area contributed by atoms with Crippen LogP contribution in [0.15, 0.2) is 152 Å². The van der Waals surface area contributed by atoms with E-state index in [0.29, 0.717) is 0 Å². The number of carbonyl (C=O) groups is 3. The summed E-state index contributed by atoms with van der Waals surface area (Å²) in [5, 5.41) is 11.7. The maximum Gasteiger partial charge on any atom is 0.410 e. The van der Waals surface area contributed by atoms with Crippen LogP contribution in [0.3, 0.4) is 0 Å². The number of hydrogen-bond donors (Lipinski definition) is 1. The van der Waals surface area contributed by atoms with Crippen LogP contribution in [0.1, 0.15) is 37.4 Å². The molecule has 0 unspecified atom stereocenters. The Kier molecular flexibility index (Phi) is 14.1. The molecule has 5 atom stereocenters. The molecule has 0 saturated carbocycles. The van der Waals surface area contributed by atoms with Gasteiger partial charge in [0, 0.05) is 13.1 Å². The fourth-order valence-corrected chi connectivity index (χ4v) is 5.95. The zero-order valence-corrected chi connectivity index (χ0v) is 30.1. The molecule has 1 amide bonds. The molecule has 284 valence electrons. The molecule has 0 spiro atoms. The molecule has 5 aromatic carbocycles. The van der Waals surface area contributed by atoms with Crippen molar-refractivity contribution in [1.29, 1.82) is 0 Å². The molecular formula is C44H43NO10. The number of ether oxygens (including phenoxy) is 6.